The maximum absolute atomic E-state index is 12.0. The fourth-order valence-electron chi connectivity index (χ4n) is 2.01. The van der Waals surface area contributed by atoms with Crippen molar-refractivity contribution in [2.45, 2.75) is 6.61 Å². The summed E-state index contributed by atoms with van der Waals surface area (Å²) in [6.45, 7) is -0.286. The van der Waals surface area contributed by atoms with Gasteiger partial charge in [-0.25, -0.2) is 9.78 Å². The van der Waals surface area contributed by atoms with Crippen LogP contribution in [-0.2, 0) is 11.3 Å². The van der Waals surface area contributed by atoms with Gasteiger partial charge in [0, 0.05) is 6.07 Å². The van der Waals surface area contributed by atoms with Crippen molar-refractivity contribution in [1.29, 1.82) is 0 Å². The molecule has 0 amide bonds. The highest BCUT2D eigenvalue weighted by molar-refractivity contribution is 7.17. The largest absolute Gasteiger partial charge is 0.454 e. The predicted octanol–water partition coefficient (Wildman–Crippen LogP) is 2.25. The van der Waals surface area contributed by atoms with Gasteiger partial charge in [-0.2, -0.15) is 0 Å². The molecule has 2 aromatic heterocycles. The van der Waals surface area contributed by atoms with Crippen molar-refractivity contribution in [3.63, 3.8) is 0 Å². The summed E-state index contributed by atoms with van der Waals surface area (Å²) < 4.78 is 5.50. The van der Waals surface area contributed by atoms with E-state index in [2.05, 4.69) is 9.97 Å². The number of benzene rings is 1. The molecular weight excluding hydrogens is 322 g/mol. The Morgan fingerprint density at radius 2 is 2.13 bits per heavy atom. The van der Waals surface area contributed by atoms with Gasteiger partial charge in [-0.1, -0.05) is 12.1 Å². The number of nitrogens with one attached hydrogen (secondary N) is 1. The van der Waals surface area contributed by atoms with Crippen LogP contribution in [0.4, 0.5) is 5.69 Å². The number of H-pyrrole nitrogens is 1. The fourth-order valence-corrected chi connectivity index (χ4v) is 2.73. The fraction of sp³-hybridized carbons (Fsp3) is 0.0714. The second-order valence-corrected chi connectivity index (χ2v) is 5.41. The molecule has 0 saturated heterocycles. The van der Waals surface area contributed by atoms with Gasteiger partial charge >= 0.3 is 5.97 Å². The van der Waals surface area contributed by atoms with Crippen LogP contribution in [-0.4, -0.2) is 20.9 Å². The lowest BCUT2D eigenvalue weighted by atomic mass is 10.2. The number of nitro benzene ring substituents is 1. The minimum atomic E-state index is -0.856. The van der Waals surface area contributed by atoms with E-state index in [4.69, 9.17) is 4.74 Å². The number of hydrogen-bond donors (Lipinski definition) is 1. The molecule has 0 atom stereocenters. The molecule has 0 saturated carbocycles. The van der Waals surface area contributed by atoms with E-state index in [9.17, 15) is 19.7 Å². The Hall–Kier alpha value is -3.07. The Morgan fingerprint density at radius 1 is 1.35 bits per heavy atom. The first kappa shape index (κ1) is 14.9. The van der Waals surface area contributed by atoms with Gasteiger partial charge < -0.3 is 9.72 Å². The number of hydrogen-bond acceptors (Lipinski definition) is 7. The van der Waals surface area contributed by atoms with E-state index in [0.717, 1.165) is 0 Å². The summed E-state index contributed by atoms with van der Waals surface area (Å²) >= 11 is 1.26. The number of fused-ring (bicyclic) bond motifs is 1. The van der Waals surface area contributed by atoms with Gasteiger partial charge in [-0.15, -0.1) is 11.3 Å². The smallest absolute Gasteiger partial charge is 0.345 e. The first-order valence-corrected chi connectivity index (χ1v) is 7.31. The number of rotatable bonds is 4. The molecule has 9 heteroatoms. The van der Waals surface area contributed by atoms with Crippen LogP contribution in [0, 0.1) is 10.1 Å². The summed E-state index contributed by atoms with van der Waals surface area (Å²) in [5.41, 5.74) is -0.305. The van der Waals surface area contributed by atoms with E-state index in [1.165, 1.54) is 35.6 Å². The molecule has 23 heavy (non-hydrogen) atoms. The lowest BCUT2D eigenvalue weighted by Gasteiger charge is -2.05. The van der Waals surface area contributed by atoms with Crippen LogP contribution in [0.15, 0.2) is 40.5 Å². The quantitative estimate of drug-likeness (QED) is 0.445. The Bertz CT molecular complexity index is 962. The molecule has 0 radical (unpaired) electrons. The van der Waals surface area contributed by atoms with Gasteiger partial charge in [0.15, 0.2) is 0 Å². The normalized spacial score (nSPS) is 10.6. The van der Waals surface area contributed by atoms with E-state index >= 15 is 0 Å². The van der Waals surface area contributed by atoms with Crippen molar-refractivity contribution >= 4 is 33.2 Å². The van der Waals surface area contributed by atoms with Crippen LogP contribution in [0.25, 0.3) is 10.2 Å². The van der Waals surface area contributed by atoms with Crippen molar-refractivity contribution in [3.8, 4) is 0 Å². The second kappa shape index (κ2) is 5.97. The van der Waals surface area contributed by atoms with Gasteiger partial charge in [0.25, 0.3) is 11.2 Å². The monoisotopic (exact) mass is 331 g/mol. The third-order valence-electron chi connectivity index (χ3n) is 3.02. The number of nitrogens with zero attached hydrogens (tertiary/aromatic N) is 2. The summed E-state index contributed by atoms with van der Waals surface area (Å²) in [6.07, 6.45) is 0. The lowest BCUT2D eigenvalue weighted by Crippen LogP contribution is -2.14. The van der Waals surface area contributed by atoms with Gasteiger partial charge in [0.05, 0.1) is 10.4 Å². The van der Waals surface area contributed by atoms with E-state index in [1.807, 2.05) is 0 Å². The van der Waals surface area contributed by atoms with Crippen molar-refractivity contribution in [2.24, 2.45) is 0 Å². The van der Waals surface area contributed by atoms with E-state index in [0.29, 0.717) is 10.2 Å². The average molecular weight is 331 g/mol. The van der Waals surface area contributed by atoms with Crippen LogP contribution in [0.3, 0.4) is 0 Å². The van der Waals surface area contributed by atoms with Crippen LogP contribution in [0.5, 0.6) is 0 Å². The van der Waals surface area contributed by atoms with E-state index in [1.54, 1.807) is 11.4 Å². The van der Waals surface area contributed by atoms with E-state index in [-0.39, 0.29) is 29.2 Å². The van der Waals surface area contributed by atoms with E-state index < -0.39 is 10.9 Å². The van der Waals surface area contributed by atoms with Crippen molar-refractivity contribution in [2.75, 3.05) is 0 Å². The molecule has 1 N–H and O–H groups in total. The molecule has 116 valence electrons. The number of aromatic amines is 1. The standard InChI is InChI=1S/C14H9N3O5S/c18-13-12-9(5-6-23-12)15-11(16-13)7-22-14(19)8-3-1-2-4-10(8)17(20)21/h1-6H,7H2,(H,15,16,18). The van der Waals surface area contributed by atoms with Crippen molar-refractivity contribution in [3.05, 3.63) is 67.6 Å². The van der Waals surface area contributed by atoms with Gasteiger partial charge in [0.1, 0.15) is 22.7 Å². The summed E-state index contributed by atoms with van der Waals surface area (Å²) in [5.74, 6) is -0.682. The Labute approximate surface area is 132 Å². The van der Waals surface area contributed by atoms with Crippen LogP contribution >= 0.6 is 11.3 Å². The number of para-hydroxylation sites is 1. The topological polar surface area (TPSA) is 115 Å². The number of carbonyl (C=O) groups is 1. The molecule has 3 aromatic rings. The minimum Gasteiger partial charge on any atom is -0.454 e. The highest BCUT2D eigenvalue weighted by atomic mass is 32.1. The summed E-state index contributed by atoms with van der Waals surface area (Å²) in [7, 11) is 0. The lowest BCUT2D eigenvalue weighted by molar-refractivity contribution is -0.385. The molecule has 2 heterocycles. The molecule has 3 rings (SSSR count). The van der Waals surface area contributed by atoms with Crippen LogP contribution in [0.1, 0.15) is 16.2 Å². The van der Waals surface area contributed by atoms with Crippen LogP contribution in [0.2, 0.25) is 0 Å². The molecule has 8 nitrogen and oxygen atoms in total. The third kappa shape index (κ3) is 2.94. The first-order valence-electron chi connectivity index (χ1n) is 6.43. The first-order chi connectivity index (χ1) is 11.1. The highest BCUT2D eigenvalue weighted by Gasteiger charge is 2.20. The summed E-state index contributed by atoms with van der Waals surface area (Å²) in [6, 6.07) is 7.16. The predicted molar refractivity (Wildman–Crippen MR) is 82.5 cm³/mol. The Balaban J connectivity index is 1.81. The Morgan fingerprint density at radius 3 is 2.91 bits per heavy atom. The van der Waals surface area contributed by atoms with Gasteiger partial charge in [0.2, 0.25) is 0 Å². The maximum atomic E-state index is 12.0. The molecular formula is C14H9N3O5S. The molecule has 0 aliphatic heterocycles. The third-order valence-corrected chi connectivity index (χ3v) is 3.93. The maximum Gasteiger partial charge on any atom is 0.345 e. The highest BCUT2D eigenvalue weighted by Crippen LogP contribution is 2.19. The summed E-state index contributed by atoms with van der Waals surface area (Å²) in [5, 5.41) is 12.6. The van der Waals surface area contributed by atoms with Gasteiger partial charge in [-0.05, 0) is 17.5 Å². The molecule has 0 fully saturated rings. The number of aromatic nitrogens is 2. The summed E-state index contributed by atoms with van der Waals surface area (Å²) in [4.78, 5) is 40.7. The van der Waals surface area contributed by atoms with Crippen LogP contribution < -0.4 is 5.56 Å². The number of carbonyl (C=O) groups excluding carboxylic acids is 1. The van der Waals surface area contributed by atoms with Crippen molar-refractivity contribution in [1.82, 2.24) is 9.97 Å². The average Bonchev–Trinajstić information content (AvgIpc) is 3.01. The minimum absolute atomic E-state index is 0.156. The zero-order valence-corrected chi connectivity index (χ0v) is 12.3. The second-order valence-electron chi connectivity index (χ2n) is 4.50. The Kier molecular flexibility index (Phi) is 3.85. The molecule has 0 aliphatic carbocycles. The number of ether oxygens (including phenoxy) is 1. The molecule has 0 spiro atoms. The molecule has 0 aliphatic rings. The zero-order chi connectivity index (χ0) is 16.4. The molecule has 0 bridgehead atoms. The number of nitro groups is 1. The molecule has 1 aromatic carbocycles. The van der Waals surface area contributed by atoms with Crippen molar-refractivity contribution < 1.29 is 14.5 Å². The SMILES string of the molecule is O=C(OCc1nc2ccsc2c(=O)[nH]1)c1ccccc1[N+](=O)[O-]. The zero-order valence-electron chi connectivity index (χ0n) is 11.5. The molecule has 0 unspecified atom stereocenters. The van der Waals surface area contributed by atoms with Gasteiger partial charge in [-0.3, -0.25) is 14.9 Å². The number of thiophene rings is 1. The number of esters is 1.